The maximum atomic E-state index is 12.4. The van der Waals surface area contributed by atoms with Gasteiger partial charge in [-0.1, -0.05) is 24.3 Å². The number of benzene rings is 1. The largest absolute Gasteiger partial charge is 0.341 e. The fraction of sp³-hybridized carbons (Fsp3) is 0.562. The van der Waals surface area contributed by atoms with Crippen molar-refractivity contribution in [3.8, 4) is 0 Å². The van der Waals surface area contributed by atoms with Crippen molar-refractivity contribution in [2.45, 2.75) is 25.4 Å². The fourth-order valence-electron chi connectivity index (χ4n) is 3.28. The Morgan fingerprint density at radius 3 is 2.73 bits per heavy atom. The summed E-state index contributed by atoms with van der Waals surface area (Å²) in [5, 5.41) is 0. The van der Waals surface area contributed by atoms with Gasteiger partial charge in [-0.3, -0.25) is 9.69 Å². The molecule has 0 spiro atoms. The van der Waals surface area contributed by atoms with E-state index in [-0.39, 0.29) is 23.5 Å². The molecule has 1 atom stereocenters. The molecule has 6 heteroatoms. The first kappa shape index (κ1) is 15.5. The van der Waals surface area contributed by atoms with Gasteiger partial charge in [-0.15, -0.1) is 0 Å². The molecule has 0 unspecified atom stereocenters. The Morgan fingerprint density at radius 1 is 1.32 bits per heavy atom. The number of hydrogen-bond donors (Lipinski definition) is 0. The van der Waals surface area contributed by atoms with Gasteiger partial charge in [-0.25, -0.2) is 8.42 Å². The SMILES string of the molecule is CN(C(=O)CN1CCc2ccccc2C1)[C@@H]1CCS(=O)(=O)C1. The highest BCUT2D eigenvalue weighted by Gasteiger charge is 2.33. The van der Waals surface area contributed by atoms with Crippen LogP contribution in [0.4, 0.5) is 0 Å². The lowest BCUT2D eigenvalue weighted by Crippen LogP contribution is -2.45. The zero-order valence-electron chi connectivity index (χ0n) is 12.9. The first-order valence-corrected chi connectivity index (χ1v) is 9.52. The van der Waals surface area contributed by atoms with Crippen LogP contribution in [0.5, 0.6) is 0 Å². The topological polar surface area (TPSA) is 57.7 Å². The number of fused-ring (bicyclic) bond motifs is 1. The summed E-state index contributed by atoms with van der Waals surface area (Å²) < 4.78 is 23.1. The van der Waals surface area contributed by atoms with Crippen LogP contribution in [0.3, 0.4) is 0 Å². The lowest BCUT2D eigenvalue weighted by atomic mass is 10.00. The number of hydrogen-bond acceptors (Lipinski definition) is 4. The van der Waals surface area contributed by atoms with Gasteiger partial charge < -0.3 is 4.90 Å². The van der Waals surface area contributed by atoms with Crippen molar-refractivity contribution in [3.63, 3.8) is 0 Å². The zero-order chi connectivity index (χ0) is 15.7. The van der Waals surface area contributed by atoms with Crippen LogP contribution < -0.4 is 0 Å². The molecule has 0 aromatic heterocycles. The average Bonchev–Trinajstić information content (AvgIpc) is 2.86. The molecule has 1 fully saturated rings. The quantitative estimate of drug-likeness (QED) is 0.822. The van der Waals surface area contributed by atoms with E-state index in [2.05, 4.69) is 17.0 Å². The molecule has 1 aromatic carbocycles. The van der Waals surface area contributed by atoms with Crippen molar-refractivity contribution >= 4 is 15.7 Å². The van der Waals surface area contributed by atoms with Crippen LogP contribution in [0.2, 0.25) is 0 Å². The van der Waals surface area contributed by atoms with Gasteiger partial charge in [-0.2, -0.15) is 0 Å². The standard InChI is InChI=1S/C16H22N2O3S/c1-17(15-7-9-22(20,21)12-15)16(19)11-18-8-6-13-4-2-3-5-14(13)10-18/h2-5,15H,6-12H2,1H3/t15-/m1/s1. The third kappa shape index (κ3) is 3.33. The summed E-state index contributed by atoms with van der Waals surface area (Å²) >= 11 is 0. The van der Waals surface area contributed by atoms with Crippen molar-refractivity contribution in [1.82, 2.24) is 9.80 Å². The number of sulfone groups is 1. The molecular formula is C16H22N2O3S. The first-order chi connectivity index (χ1) is 10.4. The molecule has 0 bridgehead atoms. The van der Waals surface area contributed by atoms with Gasteiger partial charge in [0.15, 0.2) is 9.84 Å². The second kappa shape index (κ2) is 6.01. The van der Waals surface area contributed by atoms with Gasteiger partial charge in [0, 0.05) is 26.2 Å². The van der Waals surface area contributed by atoms with Gasteiger partial charge in [0.2, 0.25) is 5.91 Å². The lowest BCUT2D eigenvalue weighted by molar-refractivity contribution is -0.133. The van der Waals surface area contributed by atoms with E-state index in [0.29, 0.717) is 13.0 Å². The van der Waals surface area contributed by atoms with Crippen molar-refractivity contribution < 1.29 is 13.2 Å². The molecular weight excluding hydrogens is 300 g/mol. The normalized spacial score (nSPS) is 24.0. The van der Waals surface area contributed by atoms with E-state index in [9.17, 15) is 13.2 Å². The van der Waals surface area contributed by atoms with Crippen LogP contribution in [0.25, 0.3) is 0 Å². The molecule has 0 radical (unpaired) electrons. The van der Waals surface area contributed by atoms with Gasteiger partial charge in [-0.05, 0) is 24.0 Å². The van der Waals surface area contributed by atoms with Crippen LogP contribution >= 0.6 is 0 Å². The lowest BCUT2D eigenvalue weighted by Gasteiger charge is -2.31. The second-order valence-electron chi connectivity index (χ2n) is 6.29. The number of amides is 1. The number of likely N-dealkylation sites (N-methyl/N-ethyl adjacent to an activating group) is 1. The Bertz CT molecular complexity index is 672. The summed E-state index contributed by atoms with van der Waals surface area (Å²) in [7, 11) is -1.23. The second-order valence-corrected chi connectivity index (χ2v) is 8.52. The highest BCUT2D eigenvalue weighted by molar-refractivity contribution is 7.91. The van der Waals surface area contributed by atoms with Gasteiger partial charge >= 0.3 is 0 Å². The average molecular weight is 322 g/mol. The molecule has 0 N–H and O–H groups in total. The van der Waals surface area contributed by atoms with Gasteiger partial charge in [0.05, 0.1) is 18.1 Å². The van der Waals surface area contributed by atoms with Crippen LogP contribution in [0.1, 0.15) is 17.5 Å². The summed E-state index contributed by atoms with van der Waals surface area (Å²) in [6, 6.07) is 8.17. The third-order valence-electron chi connectivity index (χ3n) is 4.72. The van der Waals surface area contributed by atoms with Crippen molar-refractivity contribution in [3.05, 3.63) is 35.4 Å². The Morgan fingerprint density at radius 2 is 2.05 bits per heavy atom. The molecule has 0 saturated carbocycles. The first-order valence-electron chi connectivity index (χ1n) is 7.70. The molecule has 1 amide bonds. The molecule has 1 aromatic rings. The number of carbonyl (C=O) groups is 1. The number of nitrogens with zero attached hydrogens (tertiary/aromatic N) is 2. The smallest absolute Gasteiger partial charge is 0.236 e. The highest BCUT2D eigenvalue weighted by Crippen LogP contribution is 2.20. The molecule has 22 heavy (non-hydrogen) atoms. The minimum atomic E-state index is -2.95. The van der Waals surface area contributed by atoms with Crippen LogP contribution in [-0.2, 0) is 27.6 Å². The zero-order valence-corrected chi connectivity index (χ0v) is 13.7. The predicted octanol–water partition coefficient (Wildman–Crippen LogP) is 0.690. The highest BCUT2D eigenvalue weighted by atomic mass is 32.2. The minimum Gasteiger partial charge on any atom is -0.341 e. The maximum Gasteiger partial charge on any atom is 0.236 e. The van der Waals surface area contributed by atoms with Crippen molar-refractivity contribution in [1.29, 1.82) is 0 Å². The van der Waals surface area contributed by atoms with E-state index >= 15 is 0 Å². The van der Waals surface area contributed by atoms with Crippen LogP contribution in [-0.4, -0.2) is 61.8 Å². The third-order valence-corrected chi connectivity index (χ3v) is 6.47. The summed E-state index contributed by atoms with van der Waals surface area (Å²) in [5.74, 6) is 0.325. The maximum absolute atomic E-state index is 12.4. The monoisotopic (exact) mass is 322 g/mol. The minimum absolute atomic E-state index is 0.0153. The van der Waals surface area contributed by atoms with Crippen molar-refractivity contribution in [2.24, 2.45) is 0 Å². The number of rotatable bonds is 3. The molecule has 0 aliphatic carbocycles. The van der Waals surface area contributed by atoms with E-state index in [1.807, 2.05) is 12.1 Å². The van der Waals surface area contributed by atoms with E-state index in [4.69, 9.17) is 0 Å². The molecule has 2 heterocycles. The van der Waals surface area contributed by atoms with Gasteiger partial charge in [0.25, 0.3) is 0 Å². The van der Waals surface area contributed by atoms with Gasteiger partial charge in [0.1, 0.15) is 0 Å². The van der Waals surface area contributed by atoms with Crippen LogP contribution in [0, 0.1) is 0 Å². The molecule has 1 saturated heterocycles. The predicted molar refractivity (Wildman–Crippen MR) is 85.3 cm³/mol. The summed E-state index contributed by atoms with van der Waals surface area (Å²) in [6.07, 6.45) is 1.53. The number of carbonyl (C=O) groups excluding carboxylic acids is 1. The van der Waals surface area contributed by atoms with E-state index in [0.717, 1.165) is 19.5 Å². The summed E-state index contributed by atoms with van der Waals surface area (Å²) in [5.41, 5.74) is 2.65. The Kier molecular flexibility index (Phi) is 4.23. The summed E-state index contributed by atoms with van der Waals surface area (Å²) in [6.45, 7) is 2.03. The summed E-state index contributed by atoms with van der Waals surface area (Å²) in [4.78, 5) is 16.2. The Labute approximate surface area is 131 Å². The Balaban J connectivity index is 1.59. The molecule has 120 valence electrons. The molecule has 2 aliphatic heterocycles. The van der Waals surface area contributed by atoms with Crippen LogP contribution in [0.15, 0.2) is 24.3 Å². The van der Waals surface area contributed by atoms with Crippen molar-refractivity contribution in [2.75, 3.05) is 31.6 Å². The van der Waals surface area contributed by atoms with E-state index in [1.165, 1.54) is 11.1 Å². The van der Waals surface area contributed by atoms with E-state index < -0.39 is 9.84 Å². The fourth-order valence-corrected chi connectivity index (χ4v) is 5.05. The molecule has 2 aliphatic rings. The van der Waals surface area contributed by atoms with E-state index in [1.54, 1.807) is 11.9 Å². The molecule has 3 rings (SSSR count). The molecule has 5 nitrogen and oxygen atoms in total. The Hall–Kier alpha value is -1.40.